The lowest BCUT2D eigenvalue weighted by atomic mass is 10.1. The average Bonchev–Trinajstić information content (AvgIpc) is 2.18. The number of anilines is 1. The molecule has 0 aromatic heterocycles. The lowest BCUT2D eigenvalue weighted by Crippen LogP contribution is -2.32. The number of hydrogen-bond donors (Lipinski definition) is 2. The highest BCUT2D eigenvalue weighted by Crippen LogP contribution is 2.14. The van der Waals surface area contributed by atoms with Crippen LogP contribution < -0.4 is 10.6 Å². The minimum Gasteiger partial charge on any atom is -0.480 e. The van der Waals surface area contributed by atoms with Crippen LogP contribution in [0.15, 0.2) is 24.3 Å². The highest BCUT2D eigenvalue weighted by atomic mass is 35.5. The van der Waals surface area contributed by atoms with E-state index in [2.05, 4.69) is 0 Å². The van der Waals surface area contributed by atoms with E-state index in [1.165, 1.54) is 0 Å². The van der Waals surface area contributed by atoms with Gasteiger partial charge in [0.25, 0.3) is 0 Å². The van der Waals surface area contributed by atoms with Crippen molar-refractivity contribution in [2.75, 3.05) is 19.0 Å². The molecule has 0 aliphatic carbocycles. The molecule has 0 radical (unpaired) electrons. The fraction of sp³-hybridized carbons (Fsp3) is 0.364. The SMILES string of the molecule is CN(C)c1cccc(C[C@H](N)C(=O)O)c1.Cl.Cl. The zero-order valence-electron chi connectivity index (χ0n) is 9.79. The molecule has 1 atom stereocenters. The van der Waals surface area contributed by atoms with Gasteiger partial charge < -0.3 is 15.7 Å². The normalized spacial score (nSPS) is 10.8. The fourth-order valence-electron chi connectivity index (χ4n) is 1.30. The number of carbonyl (C=O) groups is 1. The molecule has 0 spiro atoms. The van der Waals surface area contributed by atoms with E-state index in [0.717, 1.165) is 11.3 Å². The largest absolute Gasteiger partial charge is 0.480 e. The van der Waals surface area contributed by atoms with E-state index in [4.69, 9.17) is 10.8 Å². The zero-order valence-corrected chi connectivity index (χ0v) is 11.4. The van der Waals surface area contributed by atoms with Crippen LogP contribution in [0.25, 0.3) is 0 Å². The second-order valence-corrected chi connectivity index (χ2v) is 3.71. The van der Waals surface area contributed by atoms with Crippen molar-refractivity contribution in [1.82, 2.24) is 0 Å². The Kier molecular flexibility index (Phi) is 8.84. The highest BCUT2D eigenvalue weighted by Gasteiger charge is 2.12. The van der Waals surface area contributed by atoms with E-state index < -0.39 is 12.0 Å². The third-order valence-electron chi connectivity index (χ3n) is 2.20. The number of halogens is 2. The standard InChI is InChI=1S/C11H16N2O2.2ClH/c1-13(2)9-5-3-4-8(6-9)7-10(12)11(14)15;;/h3-6,10H,7,12H2,1-2H3,(H,14,15);2*1H/t10-;;/m0../s1. The molecule has 0 amide bonds. The van der Waals surface area contributed by atoms with Gasteiger partial charge >= 0.3 is 5.97 Å². The van der Waals surface area contributed by atoms with Crippen LogP contribution in [0.3, 0.4) is 0 Å². The predicted octanol–water partition coefficient (Wildman–Crippen LogP) is 1.55. The minimum atomic E-state index is -0.967. The molecule has 17 heavy (non-hydrogen) atoms. The summed E-state index contributed by atoms with van der Waals surface area (Å²) in [6.07, 6.45) is 0.358. The van der Waals surface area contributed by atoms with Gasteiger partial charge in [-0.05, 0) is 24.1 Å². The Balaban J connectivity index is 0. The molecule has 98 valence electrons. The van der Waals surface area contributed by atoms with Gasteiger partial charge in [0.05, 0.1) is 0 Å². The van der Waals surface area contributed by atoms with Gasteiger partial charge in [0.15, 0.2) is 0 Å². The molecular weight excluding hydrogens is 263 g/mol. The van der Waals surface area contributed by atoms with Gasteiger partial charge in [-0.2, -0.15) is 0 Å². The molecule has 0 aliphatic heterocycles. The van der Waals surface area contributed by atoms with E-state index in [1.807, 2.05) is 43.3 Å². The van der Waals surface area contributed by atoms with Crippen LogP contribution in [-0.2, 0) is 11.2 Å². The van der Waals surface area contributed by atoms with Crippen LogP contribution in [0.4, 0.5) is 5.69 Å². The van der Waals surface area contributed by atoms with Crippen LogP contribution >= 0.6 is 24.8 Å². The topological polar surface area (TPSA) is 66.6 Å². The lowest BCUT2D eigenvalue weighted by molar-refractivity contribution is -0.138. The van der Waals surface area contributed by atoms with E-state index in [-0.39, 0.29) is 24.8 Å². The second-order valence-electron chi connectivity index (χ2n) is 3.71. The van der Waals surface area contributed by atoms with Crippen molar-refractivity contribution in [2.24, 2.45) is 5.73 Å². The molecule has 1 aromatic rings. The maximum atomic E-state index is 10.6. The fourth-order valence-corrected chi connectivity index (χ4v) is 1.30. The first-order valence-corrected chi connectivity index (χ1v) is 4.75. The van der Waals surface area contributed by atoms with Crippen molar-refractivity contribution in [3.05, 3.63) is 29.8 Å². The first-order valence-electron chi connectivity index (χ1n) is 4.75. The van der Waals surface area contributed by atoms with Crippen molar-refractivity contribution >= 4 is 36.5 Å². The smallest absolute Gasteiger partial charge is 0.320 e. The summed E-state index contributed by atoms with van der Waals surface area (Å²) in [5.41, 5.74) is 7.45. The predicted molar refractivity (Wildman–Crippen MR) is 74.6 cm³/mol. The van der Waals surface area contributed by atoms with Gasteiger partial charge in [0.2, 0.25) is 0 Å². The number of benzene rings is 1. The van der Waals surface area contributed by atoms with Gasteiger partial charge in [-0.1, -0.05) is 12.1 Å². The molecule has 4 nitrogen and oxygen atoms in total. The molecule has 6 heteroatoms. The van der Waals surface area contributed by atoms with Gasteiger partial charge in [-0.3, -0.25) is 4.79 Å². The van der Waals surface area contributed by atoms with Crippen LogP contribution in [0.5, 0.6) is 0 Å². The molecule has 1 aromatic carbocycles. The van der Waals surface area contributed by atoms with Crippen LogP contribution in [-0.4, -0.2) is 31.2 Å². The Morgan fingerprint density at radius 3 is 2.47 bits per heavy atom. The van der Waals surface area contributed by atoms with Crippen molar-refractivity contribution in [2.45, 2.75) is 12.5 Å². The first-order chi connectivity index (χ1) is 7.00. The summed E-state index contributed by atoms with van der Waals surface area (Å²) >= 11 is 0. The van der Waals surface area contributed by atoms with Gasteiger partial charge in [-0.25, -0.2) is 0 Å². The molecule has 0 heterocycles. The van der Waals surface area contributed by atoms with Gasteiger partial charge in [0, 0.05) is 19.8 Å². The monoisotopic (exact) mass is 280 g/mol. The Bertz CT molecular complexity index is 359. The van der Waals surface area contributed by atoms with Crippen LogP contribution in [0.1, 0.15) is 5.56 Å². The van der Waals surface area contributed by atoms with Crippen molar-refractivity contribution in [3.63, 3.8) is 0 Å². The Morgan fingerprint density at radius 1 is 1.41 bits per heavy atom. The molecule has 0 fully saturated rings. The average molecular weight is 281 g/mol. The number of aliphatic carboxylic acids is 1. The zero-order chi connectivity index (χ0) is 11.4. The molecule has 1 rings (SSSR count). The number of nitrogens with two attached hydrogens (primary N) is 1. The summed E-state index contributed by atoms with van der Waals surface area (Å²) in [4.78, 5) is 12.6. The van der Waals surface area contributed by atoms with E-state index in [9.17, 15) is 4.79 Å². The minimum absolute atomic E-state index is 0. The van der Waals surface area contributed by atoms with Crippen molar-refractivity contribution < 1.29 is 9.90 Å². The summed E-state index contributed by atoms with van der Waals surface area (Å²) < 4.78 is 0. The number of rotatable bonds is 4. The maximum absolute atomic E-state index is 10.6. The van der Waals surface area contributed by atoms with E-state index >= 15 is 0 Å². The summed E-state index contributed by atoms with van der Waals surface area (Å²) in [5, 5.41) is 8.69. The Hall–Kier alpha value is -0.970. The highest BCUT2D eigenvalue weighted by molar-refractivity contribution is 5.85. The van der Waals surface area contributed by atoms with Gasteiger partial charge in [-0.15, -0.1) is 24.8 Å². The van der Waals surface area contributed by atoms with Crippen molar-refractivity contribution in [3.8, 4) is 0 Å². The first kappa shape index (κ1) is 18.4. The molecule has 3 N–H and O–H groups in total. The van der Waals surface area contributed by atoms with Gasteiger partial charge in [0.1, 0.15) is 6.04 Å². The second kappa shape index (κ2) is 8.17. The van der Waals surface area contributed by atoms with E-state index in [0.29, 0.717) is 6.42 Å². The number of nitrogens with zero attached hydrogens (tertiary/aromatic N) is 1. The Morgan fingerprint density at radius 2 is 2.00 bits per heavy atom. The summed E-state index contributed by atoms with van der Waals surface area (Å²) in [5.74, 6) is -0.967. The molecule has 0 unspecified atom stereocenters. The number of carboxylic acids is 1. The van der Waals surface area contributed by atoms with Crippen molar-refractivity contribution in [1.29, 1.82) is 0 Å². The number of hydrogen-bond acceptors (Lipinski definition) is 3. The summed E-state index contributed by atoms with van der Waals surface area (Å²) in [6, 6.07) is 6.87. The van der Waals surface area contributed by atoms with Crippen LogP contribution in [0, 0.1) is 0 Å². The molecule has 0 saturated carbocycles. The summed E-state index contributed by atoms with van der Waals surface area (Å²) in [6.45, 7) is 0. The van der Waals surface area contributed by atoms with E-state index in [1.54, 1.807) is 0 Å². The quantitative estimate of drug-likeness (QED) is 0.878. The molecule has 0 bridgehead atoms. The molecule has 0 aliphatic rings. The Labute approximate surface area is 114 Å². The molecular formula is C11H18Cl2N2O2. The lowest BCUT2D eigenvalue weighted by Gasteiger charge is -2.14. The maximum Gasteiger partial charge on any atom is 0.320 e. The molecule has 0 saturated heterocycles. The summed E-state index contributed by atoms with van der Waals surface area (Å²) in [7, 11) is 3.88. The third kappa shape index (κ3) is 5.77. The third-order valence-corrected chi connectivity index (χ3v) is 2.20. The van der Waals surface area contributed by atoms with Crippen LogP contribution in [0.2, 0.25) is 0 Å². The number of carboxylic acid groups (broad SMARTS) is 1.